The Morgan fingerprint density at radius 2 is 2.00 bits per heavy atom. The summed E-state index contributed by atoms with van der Waals surface area (Å²) >= 11 is 0. The van der Waals surface area contributed by atoms with Crippen molar-refractivity contribution in [3.05, 3.63) is 48.4 Å². The van der Waals surface area contributed by atoms with Gasteiger partial charge in [0.1, 0.15) is 0 Å². The Morgan fingerprint density at radius 3 is 2.62 bits per heavy atom. The smallest absolute Gasteiger partial charge is 0.288 e. The van der Waals surface area contributed by atoms with Crippen molar-refractivity contribution < 1.29 is 14.3 Å². The number of aliphatic hydroxyl groups is 1. The van der Waals surface area contributed by atoms with Crippen molar-refractivity contribution in [2.45, 2.75) is 32.2 Å². The Kier molecular flexibility index (Phi) is 4.81. The molecule has 2 rings (SSSR count). The van der Waals surface area contributed by atoms with Gasteiger partial charge in [0.05, 0.1) is 6.26 Å². The molecule has 0 aliphatic heterocycles. The van der Waals surface area contributed by atoms with Gasteiger partial charge in [-0.05, 0) is 31.4 Å². The summed E-state index contributed by atoms with van der Waals surface area (Å²) in [6, 6.07) is 11.4. The minimum atomic E-state index is -0.438. The van der Waals surface area contributed by atoms with Gasteiger partial charge in [-0.25, -0.2) is 0 Å². The molecule has 4 heteroatoms. The first-order valence-electron chi connectivity index (χ1n) is 7.16. The number of benzene rings is 1. The van der Waals surface area contributed by atoms with Crippen LogP contribution in [0.1, 0.15) is 37.2 Å². The van der Waals surface area contributed by atoms with Crippen molar-refractivity contribution in [1.82, 2.24) is 5.32 Å². The highest BCUT2D eigenvalue weighted by molar-refractivity contribution is 5.98. The molecule has 2 aromatic rings. The maximum absolute atomic E-state index is 12.5. The number of rotatable bonds is 6. The van der Waals surface area contributed by atoms with E-state index in [1.54, 1.807) is 6.07 Å². The van der Waals surface area contributed by atoms with Gasteiger partial charge in [-0.15, -0.1) is 0 Å². The monoisotopic (exact) mass is 287 g/mol. The molecule has 21 heavy (non-hydrogen) atoms. The topological polar surface area (TPSA) is 62.5 Å². The number of nitrogens with one attached hydrogen (secondary N) is 1. The van der Waals surface area contributed by atoms with Gasteiger partial charge in [0, 0.05) is 17.7 Å². The fourth-order valence-electron chi connectivity index (χ4n) is 2.24. The molecule has 0 radical (unpaired) electrons. The van der Waals surface area contributed by atoms with Crippen LogP contribution in [0, 0.1) is 0 Å². The van der Waals surface area contributed by atoms with Crippen molar-refractivity contribution in [3.63, 3.8) is 0 Å². The average molecular weight is 287 g/mol. The zero-order chi connectivity index (χ0) is 15.3. The maximum Gasteiger partial charge on any atom is 0.288 e. The van der Waals surface area contributed by atoms with E-state index in [2.05, 4.69) is 5.32 Å². The van der Waals surface area contributed by atoms with E-state index in [9.17, 15) is 4.79 Å². The molecule has 4 nitrogen and oxygen atoms in total. The maximum atomic E-state index is 12.5. The van der Waals surface area contributed by atoms with E-state index in [0.29, 0.717) is 12.2 Å². The molecule has 0 bridgehead atoms. The van der Waals surface area contributed by atoms with Gasteiger partial charge in [0.15, 0.2) is 5.76 Å². The van der Waals surface area contributed by atoms with E-state index in [1.807, 2.05) is 44.2 Å². The number of hydrogen-bond donors (Lipinski definition) is 2. The van der Waals surface area contributed by atoms with Crippen LogP contribution in [0.5, 0.6) is 0 Å². The summed E-state index contributed by atoms with van der Waals surface area (Å²) in [4.78, 5) is 12.5. The van der Waals surface area contributed by atoms with Crippen LogP contribution in [-0.2, 0) is 0 Å². The summed E-state index contributed by atoms with van der Waals surface area (Å²) in [5.41, 5.74) is 1.28. The Morgan fingerprint density at radius 1 is 1.29 bits per heavy atom. The first-order chi connectivity index (χ1) is 10.1. The lowest BCUT2D eigenvalue weighted by Gasteiger charge is -2.28. The number of amides is 1. The molecule has 0 aliphatic rings. The van der Waals surface area contributed by atoms with Crippen LogP contribution in [0.4, 0.5) is 0 Å². The second-order valence-corrected chi connectivity index (χ2v) is 5.37. The van der Waals surface area contributed by atoms with Gasteiger partial charge in [0.25, 0.3) is 5.91 Å². The molecule has 1 aromatic carbocycles. The fraction of sp³-hybridized carbons (Fsp3) is 0.353. The van der Waals surface area contributed by atoms with Crippen molar-refractivity contribution in [2.24, 2.45) is 0 Å². The lowest BCUT2D eigenvalue weighted by molar-refractivity contribution is 0.0858. The summed E-state index contributed by atoms with van der Waals surface area (Å²) in [6.45, 7) is 3.94. The molecular weight excluding hydrogens is 266 g/mol. The van der Waals surface area contributed by atoms with Gasteiger partial charge in [-0.2, -0.15) is 0 Å². The van der Waals surface area contributed by atoms with E-state index in [-0.39, 0.29) is 12.5 Å². The van der Waals surface area contributed by atoms with E-state index >= 15 is 0 Å². The minimum Gasteiger partial charge on any atom is -0.459 e. The fourth-order valence-corrected chi connectivity index (χ4v) is 2.24. The third-order valence-corrected chi connectivity index (χ3v) is 3.82. The number of carbonyl (C=O) groups is 1. The number of furan rings is 1. The van der Waals surface area contributed by atoms with Crippen LogP contribution in [0.25, 0.3) is 11.1 Å². The summed E-state index contributed by atoms with van der Waals surface area (Å²) in [5, 5.41) is 12.1. The molecule has 1 amide bonds. The zero-order valence-corrected chi connectivity index (χ0v) is 12.4. The highest BCUT2D eigenvalue weighted by Crippen LogP contribution is 2.25. The summed E-state index contributed by atoms with van der Waals surface area (Å²) < 4.78 is 5.37. The second kappa shape index (κ2) is 6.59. The van der Waals surface area contributed by atoms with Crippen molar-refractivity contribution in [2.75, 3.05) is 6.61 Å². The summed E-state index contributed by atoms with van der Waals surface area (Å²) in [5.74, 6) is 0.0514. The third-order valence-electron chi connectivity index (χ3n) is 3.82. The Balaban J connectivity index is 2.23. The Hall–Kier alpha value is -2.07. The van der Waals surface area contributed by atoms with Crippen LogP contribution in [0.3, 0.4) is 0 Å². The van der Waals surface area contributed by atoms with E-state index in [4.69, 9.17) is 9.52 Å². The van der Waals surface area contributed by atoms with Crippen molar-refractivity contribution in [3.8, 4) is 11.1 Å². The first kappa shape index (κ1) is 15.3. The van der Waals surface area contributed by atoms with Crippen LogP contribution in [0.2, 0.25) is 0 Å². The standard InChI is InChI=1S/C17H21NO3/c1-3-17(2,10-11-19)18-16(20)15-14(9-12-21-15)13-7-5-4-6-8-13/h4-9,12,19H,3,10-11H2,1-2H3,(H,18,20). The van der Waals surface area contributed by atoms with E-state index in [1.165, 1.54) is 6.26 Å². The molecule has 112 valence electrons. The second-order valence-electron chi connectivity index (χ2n) is 5.37. The summed E-state index contributed by atoms with van der Waals surface area (Å²) in [7, 11) is 0. The normalized spacial score (nSPS) is 13.7. The molecule has 1 heterocycles. The Labute approximate surface area is 124 Å². The Bertz CT molecular complexity index is 591. The number of hydrogen-bond acceptors (Lipinski definition) is 3. The molecular formula is C17H21NO3. The lowest BCUT2D eigenvalue weighted by atomic mass is 9.94. The summed E-state index contributed by atoms with van der Waals surface area (Å²) in [6.07, 6.45) is 2.77. The lowest BCUT2D eigenvalue weighted by Crippen LogP contribution is -2.46. The largest absolute Gasteiger partial charge is 0.459 e. The molecule has 1 aromatic heterocycles. The molecule has 0 aliphatic carbocycles. The first-order valence-corrected chi connectivity index (χ1v) is 7.16. The minimum absolute atomic E-state index is 0.0360. The molecule has 1 atom stereocenters. The van der Waals surface area contributed by atoms with Gasteiger partial charge in [-0.1, -0.05) is 37.3 Å². The number of carbonyl (C=O) groups excluding carboxylic acids is 1. The predicted octanol–water partition coefficient (Wildman–Crippen LogP) is 3.23. The third kappa shape index (κ3) is 3.52. The van der Waals surface area contributed by atoms with E-state index in [0.717, 1.165) is 17.5 Å². The van der Waals surface area contributed by atoms with Gasteiger partial charge in [0.2, 0.25) is 0 Å². The molecule has 0 spiro atoms. The molecule has 0 saturated heterocycles. The van der Waals surface area contributed by atoms with Crippen LogP contribution in [-0.4, -0.2) is 23.2 Å². The van der Waals surface area contributed by atoms with Gasteiger partial charge < -0.3 is 14.8 Å². The zero-order valence-electron chi connectivity index (χ0n) is 12.4. The molecule has 0 fully saturated rings. The van der Waals surface area contributed by atoms with Crippen LogP contribution < -0.4 is 5.32 Å². The van der Waals surface area contributed by atoms with Crippen LogP contribution >= 0.6 is 0 Å². The van der Waals surface area contributed by atoms with Crippen molar-refractivity contribution >= 4 is 5.91 Å². The van der Waals surface area contributed by atoms with Crippen molar-refractivity contribution in [1.29, 1.82) is 0 Å². The van der Waals surface area contributed by atoms with Crippen LogP contribution in [0.15, 0.2) is 47.1 Å². The predicted molar refractivity (Wildman–Crippen MR) is 82.0 cm³/mol. The highest BCUT2D eigenvalue weighted by atomic mass is 16.3. The van der Waals surface area contributed by atoms with Gasteiger partial charge >= 0.3 is 0 Å². The molecule has 1 unspecified atom stereocenters. The van der Waals surface area contributed by atoms with E-state index < -0.39 is 5.54 Å². The number of aliphatic hydroxyl groups excluding tert-OH is 1. The average Bonchev–Trinajstić information content (AvgIpc) is 2.98. The quantitative estimate of drug-likeness (QED) is 0.857. The SMILES string of the molecule is CCC(C)(CCO)NC(=O)c1occc1-c1ccccc1. The van der Waals surface area contributed by atoms with Gasteiger partial charge in [-0.3, -0.25) is 4.79 Å². The molecule has 2 N–H and O–H groups in total. The molecule has 0 saturated carbocycles. The highest BCUT2D eigenvalue weighted by Gasteiger charge is 2.27.